The van der Waals surface area contributed by atoms with Crippen LogP contribution in [0.15, 0.2) is 52.8 Å². The van der Waals surface area contributed by atoms with Gasteiger partial charge in [0.2, 0.25) is 0 Å². The number of hydrogen-bond acceptors (Lipinski definition) is 4. The van der Waals surface area contributed by atoms with Crippen molar-refractivity contribution in [3.8, 4) is 0 Å². The molecule has 0 saturated carbocycles. The molecule has 1 heterocycles. The van der Waals surface area contributed by atoms with Crippen molar-refractivity contribution in [1.82, 2.24) is 10.6 Å². The molecule has 6 heteroatoms. The van der Waals surface area contributed by atoms with Gasteiger partial charge in [-0.25, -0.2) is 0 Å². The number of carbonyl (C=O) groups excluding carboxylic acids is 2. The second-order valence-corrected chi connectivity index (χ2v) is 5.65. The summed E-state index contributed by atoms with van der Waals surface area (Å²) in [4.78, 5) is 25.0. The Morgan fingerprint density at radius 1 is 1.19 bits per heavy atom. The number of rotatable bonds is 9. The van der Waals surface area contributed by atoms with E-state index < -0.39 is 0 Å². The van der Waals surface area contributed by atoms with Crippen LogP contribution in [0.25, 0.3) is 6.08 Å². The first-order valence-electron chi connectivity index (χ1n) is 8.60. The quantitative estimate of drug-likeness (QED) is 0.535. The smallest absolute Gasteiger partial charge is 0.267 e. The number of furan rings is 1. The molecule has 2 aromatic rings. The van der Waals surface area contributed by atoms with Gasteiger partial charge in [-0.15, -0.1) is 0 Å². The molecule has 0 spiro atoms. The maximum atomic E-state index is 12.5. The highest BCUT2D eigenvalue weighted by Crippen LogP contribution is 2.10. The molecule has 2 N–H and O–H groups in total. The second-order valence-electron chi connectivity index (χ2n) is 5.65. The number of hydrogen-bond donors (Lipinski definition) is 2. The largest absolute Gasteiger partial charge is 0.465 e. The molecule has 1 aromatic carbocycles. The van der Waals surface area contributed by atoms with Gasteiger partial charge in [0.05, 0.1) is 6.26 Å². The van der Waals surface area contributed by atoms with Gasteiger partial charge in [0.25, 0.3) is 11.8 Å². The molecule has 0 atom stereocenters. The van der Waals surface area contributed by atoms with Gasteiger partial charge < -0.3 is 19.8 Å². The number of benzene rings is 1. The summed E-state index contributed by atoms with van der Waals surface area (Å²) in [6, 6.07) is 10.6. The molecule has 0 unspecified atom stereocenters. The van der Waals surface area contributed by atoms with Gasteiger partial charge in [-0.1, -0.05) is 18.2 Å². The molecule has 0 saturated heterocycles. The van der Waals surface area contributed by atoms with Crippen molar-refractivity contribution < 1.29 is 18.7 Å². The van der Waals surface area contributed by atoms with E-state index in [1.165, 1.54) is 12.3 Å². The number of carbonyl (C=O) groups is 2. The zero-order valence-electron chi connectivity index (χ0n) is 15.1. The zero-order chi connectivity index (χ0) is 18.8. The Balaban J connectivity index is 2.08. The average Bonchev–Trinajstić information content (AvgIpc) is 3.14. The minimum atomic E-state index is -0.375. The number of aryl methyl sites for hydroxylation is 1. The lowest BCUT2D eigenvalue weighted by Gasteiger charge is -2.12. The third-order valence-electron chi connectivity index (χ3n) is 3.67. The predicted molar refractivity (Wildman–Crippen MR) is 99.4 cm³/mol. The number of nitrogens with one attached hydrogen (secondary N) is 2. The van der Waals surface area contributed by atoms with Crippen LogP contribution in [-0.2, 0) is 9.53 Å². The van der Waals surface area contributed by atoms with Crippen LogP contribution < -0.4 is 10.6 Å². The van der Waals surface area contributed by atoms with Crippen LogP contribution >= 0.6 is 0 Å². The van der Waals surface area contributed by atoms with Crippen molar-refractivity contribution >= 4 is 17.9 Å². The fraction of sp³-hybridized carbons (Fsp3) is 0.300. The molecule has 0 aliphatic rings. The molecular weight excluding hydrogens is 332 g/mol. The highest BCUT2D eigenvalue weighted by atomic mass is 16.5. The van der Waals surface area contributed by atoms with Gasteiger partial charge in [-0.05, 0) is 44.0 Å². The monoisotopic (exact) mass is 356 g/mol. The molecule has 0 bridgehead atoms. The van der Waals surface area contributed by atoms with Crippen LogP contribution in [0.2, 0.25) is 0 Å². The average molecular weight is 356 g/mol. The molecular formula is C20H24N2O4. The Labute approximate surface area is 153 Å². The van der Waals surface area contributed by atoms with Gasteiger partial charge in [0.15, 0.2) is 0 Å². The van der Waals surface area contributed by atoms with E-state index in [-0.39, 0.29) is 17.5 Å². The SMILES string of the molecule is CCOCCCNC(=O)/C(=C/c1ccco1)NC(=O)c1ccccc1C. The molecule has 0 fully saturated rings. The third-order valence-corrected chi connectivity index (χ3v) is 3.67. The molecule has 26 heavy (non-hydrogen) atoms. The van der Waals surface area contributed by atoms with E-state index in [4.69, 9.17) is 9.15 Å². The van der Waals surface area contributed by atoms with E-state index in [0.29, 0.717) is 37.5 Å². The van der Waals surface area contributed by atoms with Crippen LogP contribution in [0.5, 0.6) is 0 Å². The standard InChI is InChI=1S/C20H24N2O4/c1-3-25-12-7-11-21-20(24)18(14-16-9-6-13-26-16)22-19(23)17-10-5-4-8-15(17)2/h4-6,8-10,13-14H,3,7,11-12H2,1-2H3,(H,21,24)(H,22,23)/b18-14-. The number of ether oxygens (including phenoxy) is 1. The van der Waals surface area contributed by atoms with E-state index >= 15 is 0 Å². The molecule has 0 radical (unpaired) electrons. The van der Waals surface area contributed by atoms with E-state index in [1.807, 2.05) is 26.0 Å². The highest BCUT2D eigenvalue weighted by Gasteiger charge is 2.16. The highest BCUT2D eigenvalue weighted by molar-refractivity contribution is 6.05. The fourth-order valence-corrected chi connectivity index (χ4v) is 2.31. The molecule has 138 valence electrons. The summed E-state index contributed by atoms with van der Waals surface area (Å²) < 4.78 is 10.5. The van der Waals surface area contributed by atoms with Crippen molar-refractivity contribution in [2.75, 3.05) is 19.8 Å². The molecule has 2 amide bonds. The molecule has 0 aliphatic carbocycles. The first kappa shape index (κ1) is 19.5. The second kappa shape index (κ2) is 10.2. The Kier molecular flexibility index (Phi) is 7.64. The van der Waals surface area contributed by atoms with E-state index in [1.54, 1.807) is 24.3 Å². The van der Waals surface area contributed by atoms with Crippen LogP contribution in [0, 0.1) is 6.92 Å². The van der Waals surface area contributed by atoms with Gasteiger partial charge in [0.1, 0.15) is 11.5 Å². The third kappa shape index (κ3) is 5.89. The predicted octanol–water partition coefficient (Wildman–Crippen LogP) is 2.90. The van der Waals surface area contributed by atoms with Crippen LogP contribution in [0.1, 0.15) is 35.0 Å². The molecule has 1 aromatic heterocycles. The Hall–Kier alpha value is -2.86. The molecule has 2 rings (SSSR count). The van der Waals surface area contributed by atoms with Gasteiger partial charge in [-0.2, -0.15) is 0 Å². The van der Waals surface area contributed by atoms with Crippen molar-refractivity contribution in [2.45, 2.75) is 20.3 Å². The van der Waals surface area contributed by atoms with Crippen molar-refractivity contribution in [3.05, 3.63) is 65.2 Å². The fourth-order valence-electron chi connectivity index (χ4n) is 2.31. The molecule has 6 nitrogen and oxygen atoms in total. The lowest BCUT2D eigenvalue weighted by molar-refractivity contribution is -0.117. The molecule has 0 aliphatic heterocycles. The first-order chi connectivity index (χ1) is 12.6. The maximum absolute atomic E-state index is 12.5. The van der Waals surface area contributed by atoms with Crippen LogP contribution in [0.3, 0.4) is 0 Å². The summed E-state index contributed by atoms with van der Waals surface area (Å²) in [5.41, 5.74) is 1.48. The summed E-state index contributed by atoms with van der Waals surface area (Å²) in [6.07, 6.45) is 3.71. The normalized spacial score (nSPS) is 11.2. The Morgan fingerprint density at radius 2 is 2.00 bits per heavy atom. The van der Waals surface area contributed by atoms with Crippen molar-refractivity contribution in [2.24, 2.45) is 0 Å². The van der Waals surface area contributed by atoms with Gasteiger partial charge in [0, 0.05) is 31.4 Å². The minimum absolute atomic E-state index is 0.129. The lowest BCUT2D eigenvalue weighted by Crippen LogP contribution is -2.35. The lowest BCUT2D eigenvalue weighted by atomic mass is 10.1. The Morgan fingerprint density at radius 3 is 2.69 bits per heavy atom. The zero-order valence-corrected chi connectivity index (χ0v) is 15.1. The van der Waals surface area contributed by atoms with Crippen molar-refractivity contribution in [3.63, 3.8) is 0 Å². The summed E-state index contributed by atoms with van der Waals surface area (Å²) in [5, 5.41) is 5.47. The topological polar surface area (TPSA) is 80.6 Å². The van der Waals surface area contributed by atoms with Crippen LogP contribution in [-0.4, -0.2) is 31.6 Å². The maximum Gasteiger partial charge on any atom is 0.267 e. The van der Waals surface area contributed by atoms with Gasteiger partial charge in [-0.3, -0.25) is 9.59 Å². The Bertz CT molecular complexity index is 751. The van der Waals surface area contributed by atoms with E-state index in [2.05, 4.69) is 10.6 Å². The summed E-state index contributed by atoms with van der Waals surface area (Å²) in [7, 11) is 0. The van der Waals surface area contributed by atoms with Gasteiger partial charge >= 0.3 is 0 Å². The summed E-state index contributed by atoms with van der Waals surface area (Å²) in [5.74, 6) is -0.236. The minimum Gasteiger partial charge on any atom is -0.465 e. The van der Waals surface area contributed by atoms with Crippen LogP contribution in [0.4, 0.5) is 0 Å². The first-order valence-corrected chi connectivity index (χ1v) is 8.60. The summed E-state index contributed by atoms with van der Waals surface area (Å²) in [6.45, 7) is 5.44. The van der Waals surface area contributed by atoms with Crippen molar-refractivity contribution in [1.29, 1.82) is 0 Å². The van der Waals surface area contributed by atoms with E-state index in [0.717, 1.165) is 5.56 Å². The summed E-state index contributed by atoms with van der Waals surface area (Å²) >= 11 is 0. The number of amides is 2. The van der Waals surface area contributed by atoms with E-state index in [9.17, 15) is 9.59 Å².